The highest BCUT2D eigenvalue weighted by molar-refractivity contribution is 5.86. The van der Waals surface area contributed by atoms with Crippen molar-refractivity contribution in [2.45, 2.75) is 44.4 Å². The molecule has 0 spiro atoms. The number of hydrogen-bond donors (Lipinski definition) is 4. The standard InChI is InChI=1S/C15H22N2O4/c1-14(2,16)15(21,13(19)20)17-12(18)10-6-9-11-7-4-3-5-8-11/h3-5,7-8,21H,6,9-10,16H2,1-2H3,(H,17,18)(H,19,20)/t15-/m0/s1. The Morgan fingerprint density at radius 1 is 1.24 bits per heavy atom. The first kappa shape index (κ1) is 17.1. The molecular formula is C15H22N2O4. The fourth-order valence-corrected chi connectivity index (χ4v) is 1.85. The number of carboxylic acids is 1. The molecule has 0 saturated heterocycles. The zero-order chi connectivity index (χ0) is 16.1. The van der Waals surface area contributed by atoms with Crippen LogP contribution in [0.4, 0.5) is 0 Å². The molecule has 6 heteroatoms. The minimum atomic E-state index is -2.49. The van der Waals surface area contributed by atoms with E-state index in [0.717, 1.165) is 5.56 Å². The van der Waals surface area contributed by atoms with Crippen LogP contribution in [0.2, 0.25) is 0 Å². The number of amides is 1. The van der Waals surface area contributed by atoms with E-state index < -0.39 is 23.1 Å². The van der Waals surface area contributed by atoms with Crippen LogP contribution in [0.1, 0.15) is 32.3 Å². The minimum absolute atomic E-state index is 0.112. The van der Waals surface area contributed by atoms with Crippen molar-refractivity contribution in [3.8, 4) is 0 Å². The Kier molecular flexibility index (Phi) is 5.46. The lowest BCUT2D eigenvalue weighted by Crippen LogP contribution is -2.70. The molecule has 0 aliphatic rings. The number of nitrogens with two attached hydrogens (primary N) is 1. The van der Waals surface area contributed by atoms with Gasteiger partial charge in [-0.05, 0) is 32.3 Å². The number of carboxylic acid groups (broad SMARTS) is 1. The van der Waals surface area contributed by atoms with E-state index in [4.69, 9.17) is 10.8 Å². The van der Waals surface area contributed by atoms with Gasteiger partial charge in [0.1, 0.15) is 0 Å². The molecule has 116 valence electrons. The quantitative estimate of drug-likeness (QED) is 0.551. The van der Waals surface area contributed by atoms with Crippen LogP contribution in [0.15, 0.2) is 30.3 Å². The van der Waals surface area contributed by atoms with Crippen molar-refractivity contribution in [1.29, 1.82) is 0 Å². The Morgan fingerprint density at radius 2 is 1.81 bits per heavy atom. The van der Waals surface area contributed by atoms with Crippen molar-refractivity contribution < 1.29 is 19.8 Å². The van der Waals surface area contributed by atoms with Gasteiger partial charge in [0.2, 0.25) is 5.91 Å². The van der Waals surface area contributed by atoms with Gasteiger partial charge in [0, 0.05) is 6.42 Å². The number of carbonyl (C=O) groups is 2. The number of carbonyl (C=O) groups excluding carboxylic acids is 1. The molecule has 0 aromatic heterocycles. The first-order valence-electron chi connectivity index (χ1n) is 6.76. The number of hydrogen-bond acceptors (Lipinski definition) is 4. The van der Waals surface area contributed by atoms with E-state index in [-0.39, 0.29) is 6.42 Å². The van der Waals surface area contributed by atoms with Gasteiger partial charge in [-0.15, -0.1) is 0 Å². The number of benzene rings is 1. The van der Waals surface area contributed by atoms with Crippen LogP contribution in [0, 0.1) is 0 Å². The number of aliphatic carboxylic acids is 1. The third-order valence-corrected chi connectivity index (χ3v) is 3.27. The summed E-state index contributed by atoms with van der Waals surface area (Å²) in [5.74, 6) is -2.12. The van der Waals surface area contributed by atoms with Crippen molar-refractivity contribution in [1.82, 2.24) is 5.32 Å². The van der Waals surface area contributed by atoms with E-state index in [1.54, 1.807) is 0 Å². The second-order valence-electron chi connectivity index (χ2n) is 5.62. The summed E-state index contributed by atoms with van der Waals surface area (Å²) in [6.07, 6.45) is 1.36. The topological polar surface area (TPSA) is 113 Å². The van der Waals surface area contributed by atoms with E-state index in [9.17, 15) is 14.7 Å². The smallest absolute Gasteiger partial charge is 0.359 e. The lowest BCUT2D eigenvalue weighted by molar-refractivity contribution is -0.173. The lowest BCUT2D eigenvalue weighted by atomic mass is 9.91. The second kappa shape index (κ2) is 6.69. The molecule has 0 heterocycles. The zero-order valence-corrected chi connectivity index (χ0v) is 12.3. The Bertz CT molecular complexity index is 496. The second-order valence-corrected chi connectivity index (χ2v) is 5.62. The summed E-state index contributed by atoms with van der Waals surface area (Å²) >= 11 is 0. The molecule has 0 unspecified atom stereocenters. The SMILES string of the molecule is CC(C)(N)[C@](O)(NC(=O)CCCc1ccccc1)C(=O)O. The van der Waals surface area contributed by atoms with E-state index in [1.807, 2.05) is 30.3 Å². The predicted molar refractivity (Wildman–Crippen MR) is 78.4 cm³/mol. The molecule has 1 atom stereocenters. The molecule has 0 bridgehead atoms. The fraction of sp³-hybridized carbons (Fsp3) is 0.467. The molecule has 21 heavy (non-hydrogen) atoms. The molecule has 0 radical (unpaired) electrons. The number of nitrogens with one attached hydrogen (secondary N) is 1. The summed E-state index contributed by atoms with van der Waals surface area (Å²) in [5, 5.41) is 21.2. The van der Waals surface area contributed by atoms with Gasteiger partial charge in [0.25, 0.3) is 5.72 Å². The highest BCUT2D eigenvalue weighted by atomic mass is 16.4. The average Bonchev–Trinajstić information content (AvgIpc) is 2.38. The average molecular weight is 294 g/mol. The van der Waals surface area contributed by atoms with E-state index in [0.29, 0.717) is 12.8 Å². The van der Waals surface area contributed by atoms with Crippen LogP contribution in [-0.4, -0.2) is 33.4 Å². The van der Waals surface area contributed by atoms with Crippen molar-refractivity contribution in [2.75, 3.05) is 0 Å². The molecule has 0 fully saturated rings. The van der Waals surface area contributed by atoms with Gasteiger partial charge in [-0.3, -0.25) is 4.79 Å². The van der Waals surface area contributed by atoms with Crippen molar-refractivity contribution >= 4 is 11.9 Å². The van der Waals surface area contributed by atoms with Crippen LogP contribution >= 0.6 is 0 Å². The van der Waals surface area contributed by atoms with Gasteiger partial charge in [-0.25, -0.2) is 4.79 Å². The molecule has 0 aliphatic carbocycles. The fourth-order valence-electron chi connectivity index (χ4n) is 1.85. The summed E-state index contributed by atoms with van der Waals surface area (Å²) in [6.45, 7) is 2.68. The summed E-state index contributed by atoms with van der Waals surface area (Å²) in [6, 6.07) is 9.64. The maximum Gasteiger partial charge on any atom is 0.359 e. The summed E-state index contributed by atoms with van der Waals surface area (Å²) in [5.41, 5.74) is 2.74. The maximum atomic E-state index is 11.8. The van der Waals surface area contributed by atoms with Crippen LogP contribution < -0.4 is 11.1 Å². The maximum absolute atomic E-state index is 11.8. The van der Waals surface area contributed by atoms with Crippen LogP contribution in [0.5, 0.6) is 0 Å². The molecular weight excluding hydrogens is 272 g/mol. The third-order valence-electron chi connectivity index (χ3n) is 3.27. The molecule has 5 N–H and O–H groups in total. The zero-order valence-electron chi connectivity index (χ0n) is 12.3. The predicted octanol–water partition coefficient (Wildman–Crippen LogP) is 0.636. The molecule has 0 saturated carbocycles. The highest BCUT2D eigenvalue weighted by Gasteiger charge is 2.49. The van der Waals surface area contributed by atoms with Crippen LogP contribution in [0.3, 0.4) is 0 Å². The summed E-state index contributed by atoms with van der Waals surface area (Å²) in [7, 11) is 0. The van der Waals surface area contributed by atoms with E-state index >= 15 is 0 Å². The monoisotopic (exact) mass is 294 g/mol. The normalized spacial score (nSPS) is 14.3. The van der Waals surface area contributed by atoms with Gasteiger partial charge < -0.3 is 21.3 Å². The van der Waals surface area contributed by atoms with Gasteiger partial charge >= 0.3 is 5.97 Å². The first-order chi connectivity index (χ1) is 9.67. The van der Waals surface area contributed by atoms with Gasteiger partial charge in [0.05, 0.1) is 5.54 Å². The Balaban J connectivity index is 2.54. The Labute approximate surface area is 124 Å². The summed E-state index contributed by atoms with van der Waals surface area (Å²) < 4.78 is 0. The van der Waals surface area contributed by atoms with Crippen molar-refractivity contribution in [3.63, 3.8) is 0 Å². The first-order valence-corrected chi connectivity index (χ1v) is 6.76. The number of aryl methyl sites for hydroxylation is 1. The third kappa shape index (κ3) is 4.54. The molecule has 0 aliphatic heterocycles. The summed E-state index contributed by atoms with van der Waals surface area (Å²) in [4.78, 5) is 23.0. The van der Waals surface area contributed by atoms with E-state index in [1.165, 1.54) is 13.8 Å². The molecule has 1 aromatic rings. The molecule has 1 aromatic carbocycles. The van der Waals surface area contributed by atoms with Gasteiger partial charge in [-0.1, -0.05) is 30.3 Å². The molecule has 6 nitrogen and oxygen atoms in total. The minimum Gasteiger partial charge on any atom is -0.478 e. The lowest BCUT2D eigenvalue weighted by Gasteiger charge is -2.36. The van der Waals surface area contributed by atoms with E-state index in [2.05, 4.69) is 5.32 Å². The van der Waals surface area contributed by atoms with Crippen molar-refractivity contribution in [2.24, 2.45) is 5.73 Å². The largest absolute Gasteiger partial charge is 0.478 e. The van der Waals surface area contributed by atoms with Crippen LogP contribution in [-0.2, 0) is 16.0 Å². The molecule has 1 rings (SSSR count). The Hall–Kier alpha value is -1.92. The van der Waals surface area contributed by atoms with Crippen molar-refractivity contribution in [3.05, 3.63) is 35.9 Å². The number of aliphatic hydroxyl groups is 1. The van der Waals surface area contributed by atoms with Crippen LogP contribution in [0.25, 0.3) is 0 Å². The highest BCUT2D eigenvalue weighted by Crippen LogP contribution is 2.17. The molecule has 1 amide bonds. The number of rotatable bonds is 7. The van der Waals surface area contributed by atoms with Gasteiger partial charge in [0.15, 0.2) is 0 Å². The Morgan fingerprint density at radius 3 is 2.29 bits per heavy atom. The van der Waals surface area contributed by atoms with Gasteiger partial charge in [-0.2, -0.15) is 0 Å².